The minimum absolute atomic E-state index is 0.373. The van der Waals surface area contributed by atoms with E-state index in [1.807, 2.05) is 24.5 Å². The Kier molecular flexibility index (Phi) is 3.70. The molecule has 1 unspecified atom stereocenters. The first-order valence-corrected chi connectivity index (χ1v) is 4.18. The molecule has 1 heterocycles. The second kappa shape index (κ2) is 4.85. The quantitative estimate of drug-likeness (QED) is 0.514. The lowest BCUT2D eigenvalue weighted by atomic mass is 10.1. The zero-order valence-corrected chi connectivity index (χ0v) is 7.33. The fraction of sp³-hybridized carbons (Fsp3) is 0.444. The molecule has 0 aliphatic heterocycles. The van der Waals surface area contributed by atoms with E-state index in [0.29, 0.717) is 6.04 Å². The van der Waals surface area contributed by atoms with E-state index in [9.17, 15) is 0 Å². The first kappa shape index (κ1) is 9.16. The van der Waals surface area contributed by atoms with Crippen LogP contribution < -0.4 is 11.3 Å². The van der Waals surface area contributed by atoms with Crippen molar-refractivity contribution in [2.24, 2.45) is 5.84 Å². The van der Waals surface area contributed by atoms with Crippen LogP contribution in [0.1, 0.15) is 18.9 Å². The van der Waals surface area contributed by atoms with Crippen LogP contribution in [0.3, 0.4) is 0 Å². The Labute approximate surface area is 73.0 Å². The van der Waals surface area contributed by atoms with Gasteiger partial charge in [0.15, 0.2) is 0 Å². The number of hydrazine groups is 1. The molecule has 0 bridgehead atoms. The van der Waals surface area contributed by atoms with E-state index in [1.54, 1.807) is 0 Å². The van der Waals surface area contributed by atoms with E-state index in [-0.39, 0.29) is 0 Å². The molecule has 12 heavy (non-hydrogen) atoms. The van der Waals surface area contributed by atoms with Crippen molar-refractivity contribution in [1.82, 2.24) is 10.4 Å². The summed E-state index contributed by atoms with van der Waals surface area (Å²) < 4.78 is 0. The molecule has 0 saturated heterocycles. The van der Waals surface area contributed by atoms with Gasteiger partial charge in [0.2, 0.25) is 0 Å². The highest BCUT2D eigenvalue weighted by molar-refractivity contribution is 5.09. The van der Waals surface area contributed by atoms with Crippen molar-refractivity contribution in [1.29, 1.82) is 0 Å². The van der Waals surface area contributed by atoms with Crippen LogP contribution in [0.4, 0.5) is 0 Å². The number of aryl methyl sites for hydroxylation is 1. The first-order valence-electron chi connectivity index (χ1n) is 4.18. The molecule has 0 spiro atoms. The average Bonchev–Trinajstić information content (AvgIpc) is 2.16. The van der Waals surface area contributed by atoms with Crippen LogP contribution in [0.2, 0.25) is 0 Å². The number of nitrogens with zero attached hydrogens (tertiary/aromatic N) is 1. The minimum Gasteiger partial charge on any atom is -0.271 e. The van der Waals surface area contributed by atoms with Crippen molar-refractivity contribution in [2.75, 3.05) is 0 Å². The molecular formula is C9H15N3. The molecule has 0 aliphatic carbocycles. The molecule has 3 N–H and O–H groups in total. The minimum atomic E-state index is 0.373. The van der Waals surface area contributed by atoms with E-state index in [0.717, 1.165) is 12.8 Å². The van der Waals surface area contributed by atoms with Gasteiger partial charge >= 0.3 is 0 Å². The van der Waals surface area contributed by atoms with Crippen LogP contribution in [0, 0.1) is 0 Å². The second-order valence-corrected chi connectivity index (χ2v) is 2.96. The number of hydrogen-bond acceptors (Lipinski definition) is 3. The zero-order chi connectivity index (χ0) is 8.81. The monoisotopic (exact) mass is 165 g/mol. The molecule has 0 saturated carbocycles. The lowest BCUT2D eigenvalue weighted by Crippen LogP contribution is -2.32. The van der Waals surface area contributed by atoms with Crippen molar-refractivity contribution < 1.29 is 0 Å². The van der Waals surface area contributed by atoms with Crippen LogP contribution in [0.15, 0.2) is 24.5 Å². The smallest absolute Gasteiger partial charge is 0.0270 e. The van der Waals surface area contributed by atoms with Crippen molar-refractivity contribution in [3.63, 3.8) is 0 Å². The topological polar surface area (TPSA) is 50.9 Å². The molecule has 0 fully saturated rings. The lowest BCUT2D eigenvalue weighted by molar-refractivity contribution is 0.532. The van der Waals surface area contributed by atoms with E-state index < -0.39 is 0 Å². The maximum Gasteiger partial charge on any atom is 0.0270 e. The summed E-state index contributed by atoms with van der Waals surface area (Å²) in [5.74, 6) is 5.27. The predicted molar refractivity (Wildman–Crippen MR) is 49.3 cm³/mol. The third-order valence-corrected chi connectivity index (χ3v) is 1.90. The van der Waals surface area contributed by atoms with Crippen LogP contribution in [0.25, 0.3) is 0 Å². The number of aromatic nitrogens is 1. The maximum absolute atomic E-state index is 5.27. The molecule has 1 aromatic rings. The van der Waals surface area contributed by atoms with Gasteiger partial charge in [-0.1, -0.05) is 0 Å². The molecule has 0 aliphatic rings. The molecular weight excluding hydrogens is 150 g/mol. The van der Waals surface area contributed by atoms with Gasteiger partial charge in [0.25, 0.3) is 0 Å². The molecule has 0 amide bonds. The Morgan fingerprint density at radius 3 is 2.75 bits per heavy atom. The van der Waals surface area contributed by atoms with Crippen LogP contribution in [0.5, 0.6) is 0 Å². The fourth-order valence-corrected chi connectivity index (χ4v) is 1.02. The Morgan fingerprint density at radius 1 is 1.50 bits per heavy atom. The van der Waals surface area contributed by atoms with Gasteiger partial charge < -0.3 is 0 Å². The molecule has 1 rings (SSSR count). The third-order valence-electron chi connectivity index (χ3n) is 1.90. The Morgan fingerprint density at radius 2 is 2.17 bits per heavy atom. The van der Waals surface area contributed by atoms with Gasteiger partial charge in [0.05, 0.1) is 0 Å². The van der Waals surface area contributed by atoms with Crippen LogP contribution in [-0.2, 0) is 6.42 Å². The van der Waals surface area contributed by atoms with Crippen molar-refractivity contribution in [3.05, 3.63) is 30.1 Å². The highest BCUT2D eigenvalue weighted by atomic mass is 15.2. The van der Waals surface area contributed by atoms with Gasteiger partial charge in [-0.3, -0.25) is 16.3 Å². The largest absolute Gasteiger partial charge is 0.271 e. The summed E-state index contributed by atoms with van der Waals surface area (Å²) in [6.45, 7) is 2.07. The molecule has 3 nitrogen and oxygen atoms in total. The van der Waals surface area contributed by atoms with Crippen LogP contribution >= 0.6 is 0 Å². The molecule has 1 atom stereocenters. The molecule has 1 aromatic heterocycles. The van der Waals surface area contributed by atoms with Gasteiger partial charge in [0.1, 0.15) is 0 Å². The van der Waals surface area contributed by atoms with Gasteiger partial charge in [-0.15, -0.1) is 0 Å². The second-order valence-electron chi connectivity index (χ2n) is 2.96. The lowest BCUT2D eigenvalue weighted by Gasteiger charge is -2.08. The summed E-state index contributed by atoms with van der Waals surface area (Å²) in [6, 6.07) is 4.44. The van der Waals surface area contributed by atoms with Gasteiger partial charge in [0, 0.05) is 18.4 Å². The Bertz CT molecular complexity index is 210. The fourth-order valence-electron chi connectivity index (χ4n) is 1.02. The highest BCUT2D eigenvalue weighted by Crippen LogP contribution is 2.02. The Balaban J connectivity index is 2.33. The SMILES string of the molecule is CC(CCc1ccncc1)NN. The number of rotatable bonds is 4. The molecule has 0 aromatic carbocycles. The van der Waals surface area contributed by atoms with E-state index in [4.69, 9.17) is 5.84 Å². The standard InChI is InChI=1S/C9H15N3/c1-8(12-10)2-3-9-4-6-11-7-5-9/h4-8,12H,2-3,10H2,1H3. The normalized spacial score (nSPS) is 12.8. The Hall–Kier alpha value is -0.930. The van der Waals surface area contributed by atoms with E-state index in [1.165, 1.54) is 5.56 Å². The van der Waals surface area contributed by atoms with Gasteiger partial charge in [-0.05, 0) is 37.5 Å². The number of nitrogens with one attached hydrogen (secondary N) is 1. The van der Waals surface area contributed by atoms with Crippen molar-refractivity contribution >= 4 is 0 Å². The van der Waals surface area contributed by atoms with E-state index >= 15 is 0 Å². The van der Waals surface area contributed by atoms with Crippen molar-refractivity contribution in [2.45, 2.75) is 25.8 Å². The summed E-state index contributed by atoms with van der Waals surface area (Å²) in [5, 5.41) is 0. The maximum atomic E-state index is 5.27. The average molecular weight is 165 g/mol. The molecule has 0 radical (unpaired) electrons. The molecule has 66 valence electrons. The number of hydrogen-bond donors (Lipinski definition) is 2. The number of nitrogens with two attached hydrogens (primary N) is 1. The molecule has 3 heteroatoms. The summed E-state index contributed by atoms with van der Waals surface area (Å²) in [7, 11) is 0. The van der Waals surface area contributed by atoms with Gasteiger partial charge in [-0.25, -0.2) is 0 Å². The number of pyridine rings is 1. The third kappa shape index (κ3) is 2.98. The predicted octanol–water partition coefficient (Wildman–Crippen LogP) is 0.866. The summed E-state index contributed by atoms with van der Waals surface area (Å²) in [5.41, 5.74) is 4.03. The van der Waals surface area contributed by atoms with E-state index in [2.05, 4.69) is 17.3 Å². The van der Waals surface area contributed by atoms with Crippen LogP contribution in [-0.4, -0.2) is 11.0 Å². The van der Waals surface area contributed by atoms with Crippen molar-refractivity contribution in [3.8, 4) is 0 Å². The summed E-state index contributed by atoms with van der Waals surface area (Å²) >= 11 is 0. The highest BCUT2D eigenvalue weighted by Gasteiger charge is 1.98. The summed E-state index contributed by atoms with van der Waals surface area (Å²) in [6.07, 6.45) is 5.74. The first-order chi connectivity index (χ1) is 5.83. The zero-order valence-electron chi connectivity index (χ0n) is 7.33. The summed E-state index contributed by atoms with van der Waals surface area (Å²) in [4.78, 5) is 3.95. The van der Waals surface area contributed by atoms with Gasteiger partial charge in [-0.2, -0.15) is 0 Å².